The number of ether oxygens (including phenoxy) is 2. The highest BCUT2D eigenvalue weighted by molar-refractivity contribution is 5.12. The second-order valence-electron chi connectivity index (χ2n) is 6.59. The van der Waals surface area contributed by atoms with E-state index in [2.05, 4.69) is 19.2 Å². The van der Waals surface area contributed by atoms with Crippen LogP contribution in [0.25, 0.3) is 0 Å². The van der Waals surface area contributed by atoms with Crippen LogP contribution in [0.1, 0.15) is 52.4 Å². The van der Waals surface area contributed by atoms with Crippen LogP contribution in [0.15, 0.2) is 0 Å². The van der Waals surface area contributed by atoms with E-state index >= 15 is 0 Å². The van der Waals surface area contributed by atoms with E-state index in [4.69, 9.17) is 9.47 Å². The van der Waals surface area contributed by atoms with Crippen molar-refractivity contribution in [1.82, 2.24) is 5.32 Å². The maximum atomic E-state index is 5.92. The molecule has 3 rings (SSSR count). The average Bonchev–Trinajstić information content (AvgIpc) is 2.78. The smallest absolute Gasteiger partial charge is 0.0661 e. The molecule has 1 saturated heterocycles. The summed E-state index contributed by atoms with van der Waals surface area (Å²) in [4.78, 5) is 0. The fourth-order valence-electron chi connectivity index (χ4n) is 4.40. The first-order valence-electron chi connectivity index (χ1n) is 8.26. The highest BCUT2D eigenvalue weighted by atomic mass is 16.5. The van der Waals surface area contributed by atoms with Crippen molar-refractivity contribution in [3.63, 3.8) is 0 Å². The average molecular weight is 267 g/mol. The van der Waals surface area contributed by atoms with Gasteiger partial charge < -0.3 is 14.8 Å². The van der Waals surface area contributed by atoms with E-state index in [-0.39, 0.29) is 0 Å². The molecule has 4 unspecified atom stereocenters. The predicted octanol–water partition coefficient (Wildman–Crippen LogP) is 2.74. The van der Waals surface area contributed by atoms with Crippen LogP contribution in [-0.4, -0.2) is 38.0 Å². The van der Waals surface area contributed by atoms with Crippen molar-refractivity contribution in [2.24, 2.45) is 11.3 Å². The van der Waals surface area contributed by atoms with Gasteiger partial charge in [0.1, 0.15) is 0 Å². The van der Waals surface area contributed by atoms with Gasteiger partial charge in [-0.2, -0.15) is 0 Å². The third-order valence-electron chi connectivity index (χ3n) is 5.81. The van der Waals surface area contributed by atoms with Crippen LogP contribution < -0.4 is 5.32 Å². The molecule has 3 aliphatic rings. The van der Waals surface area contributed by atoms with Crippen molar-refractivity contribution in [2.75, 3.05) is 19.8 Å². The first kappa shape index (κ1) is 13.8. The molecule has 0 aromatic rings. The molecule has 2 saturated carbocycles. The van der Waals surface area contributed by atoms with Crippen molar-refractivity contribution in [3.05, 3.63) is 0 Å². The van der Waals surface area contributed by atoms with Gasteiger partial charge in [0.25, 0.3) is 0 Å². The van der Waals surface area contributed by atoms with Gasteiger partial charge in [-0.15, -0.1) is 0 Å². The summed E-state index contributed by atoms with van der Waals surface area (Å²) in [5.41, 5.74) is 0.497. The molecule has 4 atom stereocenters. The summed E-state index contributed by atoms with van der Waals surface area (Å²) in [6.07, 6.45) is 8.77. The molecule has 0 radical (unpaired) electrons. The zero-order chi connectivity index (χ0) is 13.3. The summed E-state index contributed by atoms with van der Waals surface area (Å²) < 4.78 is 11.7. The van der Waals surface area contributed by atoms with Crippen LogP contribution in [0.3, 0.4) is 0 Å². The van der Waals surface area contributed by atoms with Gasteiger partial charge in [-0.1, -0.05) is 13.3 Å². The van der Waals surface area contributed by atoms with E-state index in [0.29, 0.717) is 23.7 Å². The van der Waals surface area contributed by atoms with E-state index in [1.54, 1.807) is 0 Å². The summed E-state index contributed by atoms with van der Waals surface area (Å²) in [6.45, 7) is 7.33. The molecule has 2 aliphatic carbocycles. The van der Waals surface area contributed by atoms with E-state index in [1.807, 2.05) is 0 Å². The van der Waals surface area contributed by atoms with E-state index in [0.717, 1.165) is 32.1 Å². The Kier molecular flexibility index (Phi) is 4.16. The van der Waals surface area contributed by atoms with Crippen LogP contribution in [-0.2, 0) is 9.47 Å². The van der Waals surface area contributed by atoms with Crippen LogP contribution in [0.5, 0.6) is 0 Å². The van der Waals surface area contributed by atoms with Crippen molar-refractivity contribution >= 4 is 0 Å². The molecule has 19 heavy (non-hydrogen) atoms. The Labute approximate surface area is 117 Å². The van der Waals surface area contributed by atoms with Gasteiger partial charge in [0.15, 0.2) is 0 Å². The Morgan fingerprint density at radius 2 is 2.16 bits per heavy atom. The minimum atomic E-state index is 0.493. The minimum absolute atomic E-state index is 0.493. The number of nitrogens with one attached hydrogen (secondary N) is 1. The summed E-state index contributed by atoms with van der Waals surface area (Å²) in [5.74, 6) is 0.730. The number of hydrogen-bond acceptors (Lipinski definition) is 3. The fraction of sp³-hybridized carbons (Fsp3) is 1.00. The molecule has 0 bridgehead atoms. The van der Waals surface area contributed by atoms with Gasteiger partial charge in [-0.3, -0.25) is 0 Å². The Bertz CT molecular complexity index is 303. The van der Waals surface area contributed by atoms with Gasteiger partial charge in [0, 0.05) is 31.2 Å². The Hall–Kier alpha value is -0.120. The van der Waals surface area contributed by atoms with E-state index in [1.165, 1.54) is 32.1 Å². The van der Waals surface area contributed by atoms with Gasteiger partial charge in [-0.25, -0.2) is 0 Å². The molecule has 0 amide bonds. The molecule has 110 valence electrons. The highest BCUT2D eigenvalue weighted by Gasteiger charge is 2.58. The Balaban J connectivity index is 1.48. The first-order chi connectivity index (χ1) is 9.30. The summed E-state index contributed by atoms with van der Waals surface area (Å²) >= 11 is 0. The molecule has 3 heteroatoms. The maximum Gasteiger partial charge on any atom is 0.0661 e. The molecule has 1 heterocycles. The quantitative estimate of drug-likeness (QED) is 0.802. The van der Waals surface area contributed by atoms with Crippen molar-refractivity contribution in [2.45, 2.75) is 70.6 Å². The van der Waals surface area contributed by atoms with Crippen molar-refractivity contribution in [1.29, 1.82) is 0 Å². The molecule has 3 nitrogen and oxygen atoms in total. The Morgan fingerprint density at radius 1 is 1.32 bits per heavy atom. The van der Waals surface area contributed by atoms with Gasteiger partial charge in [0.2, 0.25) is 0 Å². The zero-order valence-electron chi connectivity index (χ0n) is 12.5. The molecule has 1 N–H and O–H groups in total. The number of hydrogen-bond donors (Lipinski definition) is 1. The SMILES string of the molecule is CCOC1CC(NCC2CCOC2CC)C12CCC2. The fourth-order valence-corrected chi connectivity index (χ4v) is 4.40. The first-order valence-corrected chi connectivity index (χ1v) is 8.26. The third kappa shape index (κ3) is 2.34. The highest BCUT2D eigenvalue weighted by Crippen LogP contribution is 2.57. The van der Waals surface area contributed by atoms with E-state index in [9.17, 15) is 0 Å². The molecule has 0 aromatic heterocycles. The third-order valence-corrected chi connectivity index (χ3v) is 5.81. The summed E-state index contributed by atoms with van der Waals surface area (Å²) in [5, 5.41) is 3.85. The van der Waals surface area contributed by atoms with E-state index < -0.39 is 0 Å². The minimum Gasteiger partial charge on any atom is -0.378 e. The van der Waals surface area contributed by atoms with Crippen molar-refractivity contribution in [3.8, 4) is 0 Å². The molecular weight excluding hydrogens is 238 g/mol. The second-order valence-corrected chi connectivity index (χ2v) is 6.59. The Morgan fingerprint density at radius 3 is 2.79 bits per heavy atom. The molecular formula is C16H29NO2. The number of rotatable bonds is 6. The maximum absolute atomic E-state index is 5.92. The van der Waals surface area contributed by atoms with Crippen LogP contribution >= 0.6 is 0 Å². The molecule has 1 aliphatic heterocycles. The van der Waals surface area contributed by atoms with Crippen molar-refractivity contribution < 1.29 is 9.47 Å². The molecule has 0 aromatic carbocycles. The van der Waals surface area contributed by atoms with Gasteiger partial charge >= 0.3 is 0 Å². The standard InChI is InChI=1S/C16H29NO2/c1-3-13-12(6-9-19-13)11-17-14-10-15(18-4-2)16(14)7-5-8-16/h12-15,17H,3-11H2,1-2H3. The lowest BCUT2D eigenvalue weighted by atomic mass is 9.51. The lowest BCUT2D eigenvalue weighted by molar-refractivity contribution is -0.173. The normalized spacial score (nSPS) is 40.1. The largest absolute Gasteiger partial charge is 0.378 e. The predicted molar refractivity (Wildman–Crippen MR) is 76.2 cm³/mol. The molecule has 3 fully saturated rings. The zero-order valence-corrected chi connectivity index (χ0v) is 12.5. The second kappa shape index (κ2) is 5.71. The van der Waals surface area contributed by atoms with Crippen LogP contribution in [0, 0.1) is 11.3 Å². The summed E-state index contributed by atoms with van der Waals surface area (Å²) in [6, 6.07) is 0.705. The monoisotopic (exact) mass is 267 g/mol. The van der Waals surface area contributed by atoms with Crippen LogP contribution in [0.2, 0.25) is 0 Å². The lowest BCUT2D eigenvalue weighted by Crippen LogP contribution is -2.67. The summed E-state index contributed by atoms with van der Waals surface area (Å²) in [7, 11) is 0. The molecule has 1 spiro atoms. The topological polar surface area (TPSA) is 30.5 Å². The van der Waals surface area contributed by atoms with Gasteiger partial charge in [-0.05, 0) is 44.9 Å². The lowest BCUT2D eigenvalue weighted by Gasteiger charge is -2.61. The van der Waals surface area contributed by atoms with Crippen LogP contribution in [0.4, 0.5) is 0 Å². The van der Waals surface area contributed by atoms with Gasteiger partial charge in [0.05, 0.1) is 12.2 Å².